The second-order valence-corrected chi connectivity index (χ2v) is 7.07. The van der Waals surface area contributed by atoms with E-state index in [0.29, 0.717) is 32.5 Å². The van der Waals surface area contributed by atoms with Crippen LogP contribution < -0.4 is 0 Å². The Labute approximate surface area is 148 Å². The number of nitrogens with zero attached hydrogens (tertiary/aromatic N) is 1. The molecule has 2 saturated heterocycles. The van der Waals surface area contributed by atoms with Crippen molar-refractivity contribution < 1.29 is 24.5 Å². The standard InChI is InChI=1S/C19H27NO5/c21-16-11-19(23)14-20(12-17(16)25-19)10-6-2-5-9-18(22)24-13-15-7-3-1-4-8-15/h1,3-4,7-8,16-17,21,23H,2,5-6,9-14H2/t16-,17+,19+/m0/s1. The molecule has 2 fully saturated rings. The molecule has 6 heteroatoms. The number of ether oxygens (including phenoxy) is 2. The number of carbonyl (C=O) groups is 1. The fourth-order valence-corrected chi connectivity index (χ4v) is 3.56. The molecule has 2 aliphatic heterocycles. The second kappa shape index (κ2) is 8.27. The van der Waals surface area contributed by atoms with Crippen molar-refractivity contribution in [2.75, 3.05) is 19.6 Å². The molecule has 2 heterocycles. The topological polar surface area (TPSA) is 79.2 Å². The number of aliphatic hydroxyl groups is 2. The van der Waals surface area contributed by atoms with Crippen LogP contribution in [0.15, 0.2) is 30.3 Å². The molecule has 1 aromatic rings. The van der Waals surface area contributed by atoms with Crippen LogP contribution in [-0.2, 0) is 20.9 Å². The number of unbranched alkanes of at least 4 members (excludes halogenated alkanes) is 2. The Morgan fingerprint density at radius 3 is 2.84 bits per heavy atom. The predicted octanol–water partition coefficient (Wildman–Crippen LogP) is 1.44. The van der Waals surface area contributed by atoms with Crippen LogP contribution in [0.25, 0.3) is 0 Å². The van der Waals surface area contributed by atoms with Gasteiger partial charge in [-0.15, -0.1) is 0 Å². The van der Waals surface area contributed by atoms with Crippen LogP contribution in [0.2, 0.25) is 0 Å². The number of rotatable bonds is 8. The average molecular weight is 349 g/mol. The highest BCUT2D eigenvalue weighted by Gasteiger charge is 2.49. The number of carbonyl (C=O) groups excluding carboxylic acids is 1. The maximum atomic E-state index is 11.7. The lowest BCUT2D eigenvalue weighted by atomic mass is 10.1. The van der Waals surface area contributed by atoms with Gasteiger partial charge in [0.25, 0.3) is 0 Å². The lowest BCUT2D eigenvalue weighted by molar-refractivity contribution is -0.231. The Bertz CT molecular complexity index is 562. The van der Waals surface area contributed by atoms with E-state index in [4.69, 9.17) is 9.47 Å². The van der Waals surface area contributed by atoms with Gasteiger partial charge in [-0.25, -0.2) is 0 Å². The first-order chi connectivity index (χ1) is 12.0. The molecule has 3 rings (SSSR count). The summed E-state index contributed by atoms with van der Waals surface area (Å²) in [5.74, 6) is -1.35. The summed E-state index contributed by atoms with van der Waals surface area (Å²) in [5.41, 5.74) is 0.998. The summed E-state index contributed by atoms with van der Waals surface area (Å²) in [5, 5.41) is 20.0. The molecule has 2 aliphatic rings. The predicted molar refractivity (Wildman–Crippen MR) is 91.6 cm³/mol. The molecule has 0 aromatic heterocycles. The molecule has 0 aliphatic carbocycles. The molecule has 3 atom stereocenters. The summed E-state index contributed by atoms with van der Waals surface area (Å²) < 4.78 is 10.7. The quantitative estimate of drug-likeness (QED) is 0.546. The summed E-state index contributed by atoms with van der Waals surface area (Å²) in [6.45, 7) is 2.27. The number of benzene rings is 1. The van der Waals surface area contributed by atoms with E-state index in [9.17, 15) is 15.0 Å². The smallest absolute Gasteiger partial charge is 0.306 e. The minimum atomic E-state index is -1.19. The van der Waals surface area contributed by atoms with Crippen molar-refractivity contribution >= 4 is 5.97 Å². The highest BCUT2D eigenvalue weighted by atomic mass is 16.6. The van der Waals surface area contributed by atoms with E-state index in [1.807, 2.05) is 30.3 Å². The van der Waals surface area contributed by atoms with Gasteiger partial charge in [-0.3, -0.25) is 9.69 Å². The largest absolute Gasteiger partial charge is 0.461 e. The van der Waals surface area contributed by atoms with Crippen LogP contribution >= 0.6 is 0 Å². The fourth-order valence-electron chi connectivity index (χ4n) is 3.56. The molecule has 25 heavy (non-hydrogen) atoms. The maximum Gasteiger partial charge on any atom is 0.306 e. The van der Waals surface area contributed by atoms with Crippen LogP contribution in [-0.4, -0.2) is 58.7 Å². The van der Waals surface area contributed by atoms with Crippen molar-refractivity contribution in [2.45, 2.75) is 56.7 Å². The summed E-state index contributed by atoms with van der Waals surface area (Å²) in [6, 6.07) is 9.67. The summed E-state index contributed by atoms with van der Waals surface area (Å²) in [7, 11) is 0. The molecule has 1 aromatic carbocycles. The Hall–Kier alpha value is -1.47. The molecule has 0 unspecified atom stereocenters. The normalized spacial score (nSPS) is 28.9. The number of morpholine rings is 1. The number of hydrogen-bond acceptors (Lipinski definition) is 6. The minimum absolute atomic E-state index is 0.161. The van der Waals surface area contributed by atoms with E-state index in [-0.39, 0.29) is 12.1 Å². The zero-order chi connectivity index (χ0) is 17.7. The van der Waals surface area contributed by atoms with Crippen molar-refractivity contribution in [2.24, 2.45) is 0 Å². The van der Waals surface area contributed by atoms with Crippen molar-refractivity contribution in [1.82, 2.24) is 4.90 Å². The number of likely N-dealkylation sites (tertiary alicyclic amines) is 1. The van der Waals surface area contributed by atoms with E-state index >= 15 is 0 Å². The molecule has 6 nitrogen and oxygen atoms in total. The zero-order valence-corrected chi connectivity index (χ0v) is 14.5. The molecule has 0 spiro atoms. The van der Waals surface area contributed by atoms with Gasteiger partial charge in [0.1, 0.15) is 6.61 Å². The van der Waals surface area contributed by atoms with Crippen molar-refractivity contribution in [3.8, 4) is 0 Å². The molecule has 2 bridgehead atoms. The lowest BCUT2D eigenvalue weighted by Gasteiger charge is -2.36. The van der Waals surface area contributed by atoms with Gasteiger partial charge in [0.2, 0.25) is 0 Å². The van der Waals surface area contributed by atoms with Crippen LogP contribution in [0.4, 0.5) is 0 Å². The number of aliphatic hydroxyl groups excluding tert-OH is 1. The van der Waals surface area contributed by atoms with Gasteiger partial charge in [-0.05, 0) is 24.9 Å². The Morgan fingerprint density at radius 2 is 2.08 bits per heavy atom. The van der Waals surface area contributed by atoms with Gasteiger partial charge in [0.05, 0.1) is 18.8 Å². The first kappa shape index (κ1) is 18.3. The van der Waals surface area contributed by atoms with Crippen molar-refractivity contribution in [3.63, 3.8) is 0 Å². The first-order valence-electron chi connectivity index (χ1n) is 9.04. The van der Waals surface area contributed by atoms with E-state index in [0.717, 1.165) is 31.4 Å². The lowest BCUT2D eigenvalue weighted by Crippen LogP contribution is -2.51. The van der Waals surface area contributed by atoms with E-state index in [1.54, 1.807) is 0 Å². The molecule has 0 radical (unpaired) electrons. The maximum absolute atomic E-state index is 11.7. The highest BCUT2D eigenvalue weighted by molar-refractivity contribution is 5.69. The van der Waals surface area contributed by atoms with Gasteiger partial charge in [-0.1, -0.05) is 36.8 Å². The monoisotopic (exact) mass is 349 g/mol. The summed E-state index contributed by atoms with van der Waals surface area (Å²) in [4.78, 5) is 13.9. The van der Waals surface area contributed by atoms with Crippen molar-refractivity contribution in [3.05, 3.63) is 35.9 Å². The third-order valence-electron chi connectivity index (χ3n) is 4.83. The van der Waals surface area contributed by atoms with Crippen LogP contribution in [0.3, 0.4) is 0 Å². The fraction of sp³-hybridized carbons (Fsp3) is 0.632. The number of esters is 1. The average Bonchev–Trinajstić information content (AvgIpc) is 2.80. The molecular weight excluding hydrogens is 322 g/mol. The van der Waals surface area contributed by atoms with E-state index < -0.39 is 11.9 Å². The third-order valence-corrected chi connectivity index (χ3v) is 4.83. The van der Waals surface area contributed by atoms with Crippen LogP contribution in [0, 0.1) is 0 Å². The molecular formula is C19H27NO5. The SMILES string of the molecule is O=C(CCCCCN1C[C@H]2O[C@](O)(C[C@@H]2O)C1)OCc1ccccc1. The highest BCUT2D eigenvalue weighted by Crippen LogP contribution is 2.34. The van der Waals surface area contributed by atoms with Gasteiger partial charge in [-0.2, -0.15) is 0 Å². The Kier molecular flexibility index (Phi) is 6.06. The zero-order valence-electron chi connectivity index (χ0n) is 14.5. The summed E-state index contributed by atoms with van der Waals surface area (Å²) >= 11 is 0. The molecule has 138 valence electrons. The number of fused-ring (bicyclic) bond motifs is 2. The van der Waals surface area contributed by atoms with E-state index in [1.165, 1.54) is 0 Å². The van der Waals surface area contributed by atoms with Gasteiger partial charge >= 0.3 is 5.97 Å². The first-order valence-corrected chi connectivity index (χ1v) is 9.04. The van der Waals surface area contributed by atoms with Gasteiger partial charge in [0, 0.05) is 19.4 Å². The Morgan fingerprint density at radius 1 is 1.28 bits per heavy atom. The summed E-state index contributed by atoms with van der Waals surface area (Å²) in [6.07, 6.45) is 2.55. The number of β-amino-alcohol motifs (C(OH)–C–C–N with tert-alkyl or cyclic N) is 1. The van der Waals surface area contributed by atoms with E-state index in [2.05, 4.69) is 4.90 Å². The number of hydrogen-bond donors (Lipinski definition) is 2. The third kappa shape index (κ3) is 5.25. The van der Waals surface area contributed by atoms with Gasteiger partial charge in [0.15, 0.2) is 5.79 Å². The second-order valence-electron chi connectivity index (χ2n) is 7.07. The van der Waals surface area contributed by atoms with Gasteiger partial charge < -0.3 is 19.7 Å². The minimum Gasteiger partial charge on any atom is -0.461 e. The Balaban J connectivity index is 1.26. The van der Waals surface area contributed by atoms with Crippen LogP contribution in [0.1, 0.15) is 37.7 Å². The molecule has 0 amide bonds. The molecule has 2 N–H and O–H groups in total. The molecule has 0 saturated carbocycles. The van der Waals surface area contributed by atoms with Crippen LogP contribution in [0.5, 0.6) is 0 Å². The van der Waals surface area contributed by atoms with Crippen molar-refractivity contribution in [1.29, 1.82) is 0 Å².